The van der Waals surface area contributed by atoms with Crippen molar-refractivity contribution >= 4 is 17.6 Å². The molecule has 3 aromatic rings. The Morgan fingerprint density at radius 2 is 1.90 bits per heavy atom. The van der Waals surface area contributed by atoms with Crippen molar-refractivity contribution in [3.63, 3.8) is 0 Å². The van der Waals surface area contributed by atoms with E-state index in [1.807, 2.05) is 0 Å². The maximum atomic E-state index is 13.4. The van der Waals surface area contributed by atoms with E-state index in [9.17, 15) is 13.6 Å². The molecule has 0 bridgehead atoms. The van der Waals surface area contributed by atoms with Gasteiger partial charge in [0, 0.05) is 24.2 Å². The average Bonchev–Trinajstić information content (AvgIpc) is 3.11. The van der Waals surface area contributed by atoms with E-state index in [-0.39, 0.29) is 24.5 Å². The molecule has 4 rings (SSSR count). The van der Waals surface area contributed by atoms with Crippen molar-refractivity contribution in [2.24, 2.45) is 0 Å². The predicted octanol–water partition coefficient (Wildman–Crippen LogP) is 3.08. The summed E-state index contributed by atoms with van der Waals surface area (Å²) in [7, 11) is 0. The van der Waals surface area contributed by atoms with E-state index >= 15 is 0 Å². The molecular weight excluding hydrogens is 386 g/mol. The van der Waals surface area contributed by atoms with Crippen molar-refractivity contribution in [3.05, 3.63) is 53.9 Å². The summed E-state index contributed by atoms with van der Waals surface area (Å²) in [4.78, 5) is 15.3. The van der Waals surface area contributed by atoms with Crippen LogP contribution in [0.25, 0.3) is 5.69 Å². The number of ether oxygens (including phenoxy) is 2. The maximum Gasteiger partial charge on any atom is 0.303 e. The van der Waals surface area contributed by atoms with Crippen molar-refractivity contribution in [2.75, 3.05) is 18.5 Å². The van der Waals surface area contributed by atoms with E-state index in [2.05, 4.69) is 15.4 Å². The number of hydrogen-bond donors (Lipinski definition) is 2. The number of halogens is 2. The van der Waals surface area contributed by atoms with E-state index in [4.69, 9.17) is 14.6 Å². The summed E-state index contributed by atoms with van der Waals surface area (Å²) < 4.78 is 39.1. The molecule has 2 aromatic carbocycles. The van der Waals surface area contributed by atoms with Crippen LogP contribution in [-0.2, 0) is 11.2 Å². The highest BCUT2D eigenvalue weighted by atomic mass is 19.2. The average molecular weight is 402 g/mol. The van der Waals surface area contributed by atoms with Crippen molar-refractivity contribution in [3.8, 4) is 17.2 Å². The van der Waals surface area contributed by atoms with Crippen molar-refractivity contribution in [1.29, 1.82) is 0 Å². The number of hydrogen-bond acceptors (Lipinski definition) is 6. The first-order valence-electron chi connectivity index (χ1n) is 8.79. The van der Waals surface area contributed by atoms with Crippen LogP contribution in [0.2, 0.25) is 0 Å². The summed E-state index contributed by atoms with van der Waals surface area (Å²) in [6.45, 7) is 0.879. The molecule has 0 spiro atoms. The number of nitrogens with one attached hydrogen (secondary N) is 1. The van der Waals surface area contributed by atoms with Gasteiger partial charge < -0.3 is 19.9 Å². The Bertz CT molecular complexity index is 1070. The van der Waals surface area contributed by atoms with Crippen LogP contribution in [0.3, 0.4) is 0 Å². The van der Waals surface area contributed by atoms with Crippen LogP contribution in [0.1, 0.15) is 12.2 Å². The second kappa shape index (κ2) is 7.74. The lowest BCUT2D eigenvalue weighted by Gasteiger charge is -2.19. The third-order valence-electron chi connectivity index (χ3n) is 4.18. The molecule has 150 valence electrons. The highest BCUT2D eigenvalue weighted by Gasteiger charge is 2.17. The summed E-state index contributed by atoms with van der Waals surface area (Å²) in [5, 5.41) is 16.1. The molecule has 2 heterocycles. The number of anilines is 2. The third kappa shape index (κ3) is 4.10. The Morgan fingerprint density at radius 1 is 1.10 bits per heavy atom. The number of benzene rings is 2. The monoisotopic (exact) mass is 402 g/mol. The second-order valence-electron chi connectivity index (χ2n) is 6.24. The standard InChI is InChI=1S/C19H16F2N4O4/c20-13-3-1-11(9-14(13)21)22-19-23-17(5-6-18(26)27)25(24-19)12-2-4-15-16(10-12)29-8-7-28-15/h1-4,9-10H,5-8H2,(H,22,24)(H,26,27). The summed E-state index contributed by atoms with van der Waals surface area (Å²) in [5.74, 6) is -1.30. The predicted molar refractivity (Wildman–Crippen MR) is 97.9 cm³/mol. The lowest BCUT2D eigenvalue weighted by atomic mass is 10.2. The first-order chi connectivity index (χ1) is 14.0. The SMILES string of the molecule is O=C(O)CCc1nc(Nc2ccc(F)c(F)c2)nn1-c1ccc2c(c1)OCCO2. The Morgan fingerprint density at radius 3 is 2.66 bits per heavy atom. The van der Waals surface area contributed by atoms with E-state index in [1.165, 1.54) is 10.7 Å². The molecule has 0 saturated carbocycles. The first kappa shape index (κ1) is 18.7. The molecule has 1 aliphatic rings. The van der Waals surface area contributed by atoms with Gasteiger partial charge in [-0.1, -0.05) is 0 Å². The van der Waals surface area contributed by atoms with E-state index < -0.39 is 17.6 Å². The van der Waals surface area contributed by atoms with Gasteiger partial charge in [-0.15, -0.1) is 5.10 Å². The largest absolute Gasteiger partial charge is 0.486 e. The van der Waals surface area contributed by atoms with Crippen LogP contribution >= 0.6 is 0 Å². The van der Waals surface area contributed by atoms with Gasteiger partial charge in [0.05, 0.1) is 12.1 Å². The van der Waals surface area contributed by atoms with Crippen LogP contribution in [0, 0.1) is 11.6 Å². The normalized spacial score (nSPS) is 12.6. The van der Waals surface area contributed by atoms with E-state index in [0.717, 1.165) is 12.1 Å². The van der Waals surface area contributed by atoms with Crippen LogP contribution in [-0.4, -0.2) is 39.1 Å². The minimum atomic E-state index is -1.01. The Balaban J connectivity index is 1.67. The van der Waals surface area contributed by atoms with Crippen molar-refractivity contribution in [2.45, 2.75) is 12.8 Å². The third-order valence-corrected chi connectivity index (χ3v) is 4.18. The Kier molecular flexibility index (Phi) is 4.98. The number of aromatic nitrogens is 3. The molecule has 0 fully saturated rings. The van der Waals surface area contributed by atoms with Gasteiger partial charge in [0.25, 0.3) is 0 Å². The van der Waals surface area contributed by atoms with Gasteiger partial charge in [-0.05, 0) is 24.3 Å². The summed E-state index contributed by atoms with van der Waals surface area (Å²) in [6, 6.07) is 8.51. The number of aliphatic carboxylic acids is 1. The highest BCUT2D eigenvalue weighted by molar-refractivity contribution is 5.67. The molecule has 8 nitrogen and oxygen atoms in total. The minimum absolute atomic E-state index is 0.117. The molecule has 1 aliphatic heterocycles. The molecule has 0 unspecified atom stereocenters. The molecule has 10 heteroatoms. The highest BCUT2D eigenvalue weighted by Crippen LogP contribution is 2.32. The molecular formula is C19H16F2N4O4. The summed E-state index contributed by atoms with van der Waals surface area (Å²) in [6.07, 6.45) is -0.0237. The molecule has 0 aliphatic carbocycles. The molecule has 29 heavy (non-hydrogen) atoms. The van der Waals surface area contributed by atoms with Gasteiger partial charge in [0.1, 0.15) is 19.0 Å². The lowest BCUT2D eigenvalue weighted by molar-refractivity contribution is -0.137. The van der Waals surface area contributed by atoms with Gasteiger partial charge in [0.2, 0.25) is 5.95 Å². The zero-order valence-electron chi connectivity index (χ0n) is 15.1. The maximum absolute atomic E-state index is 13.4. The molecule has 2 N–H and O–H groups in total. The summed E-state index contributed by atoms with van der Waals surface area (Å²) >= 11 is 0. The van der Waals surface area contributed by atoms with Crippen LogP contribution in [0.15, 0.2) is 36.4 Å². The lowest BCUT2D eigenvalue weighted by Crippen LogP contribution is -2.15. The molecule has 0 atom stereocenters. The number of carbonyl (C=O) groups is 1. The fourth-order valence-electron chi connectivity index (χ4n) is 2.85. The number of carboxylic acid groups (broad SMARTS) is 1. The van der Waals surface area contributed by atoms with Crippen LogP contribution in [0.5, 0.6) is 11.5 Å². The minimum Gasteiger partial charge on any atom is -0.486 e. The Labute approximate surface area is 163 Å². The smallest absolute Gasteiger partial charge is 0.303 e. The van der Waals surface area contributed by atoms with Gasteiger partial charge in [-0.3, -0.25) is 4.79 Å². The van der Waals surface area contributed by atoms with Crippen molar-refractivity contribution < 1.29 is 28.2 Å². The van der Waals surface area contributed by atoms with Gasteiger partial charge in [-0.25, -0.2) is 13.5 Å². The first-order valence-corrected chi connectivity index (χ1v) is 8.79. The van der Waals surface area contributed by atoms with Gasteiger partial charge >= 0.3 is 5.97 Å². The zero-order chi connectivity index (χ0) is 20.4. The fraction of sp³-hybridized carbons (Fsp3) is 0.211. The van der Waals surface area contributed by atoms with Crippen molar-refractivity contribution in [1.82, 2.24) is 14.8 Å². The fourth-order valence-corrected chi connectivity index (χ4v) is 2.85. The second-order valence-corrected chi connectivity index (χ2v) is 6.24. The zero-order valence-corrected chi connectivity index (χ0v) is 15.1. The quantitative estimate of drug-likeness (QED) is 0.654. The van der Waals surface area contributed by atoms with Crippen LogP contribution < -0.4 is 14.8 Å². The van der Waals surface area contributed by atoms with Crippen LogP contribution in [0.4, 0.5) is 20.4 Å². The molecule has 0 amide bonds. The number of fused-ring (bicyclic) bond motifs is 1. The number of carboxylic acids is 1. The molecule has 0 radical (unpaired) electrons. The van der Waals surface area contributed by atoms with E-state index in [1.54, 1.807) is 18.2 Å². The number of rotatable bonds is 6. The van der Waals surface area contributed by atoms with Gasteiger partial charge in [-0.2, -0.15) is 4.98 Å². The number of aryl methyl sites for hydroxylation is 1. The van der Waals surface area contributed by atoms with Gasteiger partial charge in [0.15, 0.2) is 23.1 Å². The molecule has 1 aromatic heterocycles. The summed E-state index contributed by atoms with van der Waals surface area (Å²) in [5.41, 5.74) is 0.855. The Hall–Kier alpha value is -3.69. The molecule has 0 saturated heterocycles. The number of nitrogens with zero attached hydrogens (tertiary/aromatic N) is 3. The van der Waals surface area contributed by atoms with E-state index in [0.29, 0.717) is 36.2 Å². The topological polar surface area (TPSA) is 98.5 Å².